The van der Waals surface area contributed by atoms with Crippen molar-refractivity contribution in [2.75, 3.05) is 7.11 Å². The number of ether oxygens (including phenoxy) is 1. The van der Waals surface area contributed by atoms with Crippen molar-refractivity contribution in [2.24, 2.45) is 0 Å². The molecule has 0 radical (unpaired) electrons. The summed E-state index contributed by atoms with van der Waals surface area (Å²) in [6, 6.07) is 7.48. The molecular formula is C12H14O3. The zero-order valence-corrected chi connectivity index (χ0v) is 8.64. The molecule has 0 aliphatic rings. The Hall–Kier alpha value is -1.61. The van der Waals surface area contributed by atoms with Crippen LogP contribution in [0.5, 0.6) is 0 Å². The Labute approximate surface area is 89.0 Å². The van der Waals surface area contributed by atoms with Crippen LogP contribution < -0.4 is 0 Å². The first-order valence-electron chi connectivity index (χ1n) is 4.70. The monoisotopic (exact) mass is 206 g/mol. The molecule has 0 bridgehead atoms. The average Bonchev–Trinajstić information content (AvgIpc) is 2.29. The first-order chi connectivity index (χ1) is 7.27. The summed E-state index contributed by atoms with van der Waals surface area (Å²) in [6.45, 7) is -0.00125. The molecule has 15 heavy (non-hydrogen) atoms. The number of carbonyl (C=O) groups excluding carboxylic acids is 1. The van der Waals surface area contributed by atoms with E-state index in [-0.39, 0.29) is 19.0 Å². The lowest BCUT2D eigenvalue weighted by Crippen LogP contribution is -1.96. The number of methoxy groups -OCH3 is 1. The van der Waals surface area contributed by atoms with E-state index in [0.29, 0.717) is 0 Å². The Morgan fingerprint density at radius 2 is 2.20 bits per heavy atom. The smallest absolute Gasteiger partial charge is 0.309 e. The highest BCUT2D eigenvalue weighted by Crippen LogP contribution is 2.10. The Bertz CT molecular complexity index is 356. The number of hydrogen-bond acceptors (Lipinski definition) is 3. The summed E-state index contributed by atoms with van der Waals surface area (Å²) in [6.07, 6.45) is 3.78. The van der Waals surface area contributed by atoms with Crippen molar-refractivity contribution in [2.45, 2.75) is 13.0 Å². The van der Waals surface area contributed by atoms with Crippen LogP contribution in [0.15, 0.2) is 30.3 Å². The Balaban J connectivity index is 2.67. The van der Waals surface area contributed by atoms with Gasteiger partial charge in [0.05, 0.1) is 20.1 Å². The number of esters is 1. The quantitative estimate of drug-likeness (QED) is 0.763. The Morgan fingerprint density at radius 3 is 2.87 bits per heavy atom. The summed E-state index contributed by atoms with van der Waals surface area (Å²) in [5, 5.41) is 9.05. The molecule has 0 amide bonds. The zero-order chi connectivity index (χ0) is 11.1. The van der Waals surface area contributed by atoms with Crippen molar-refractivity contribution in [3.05, 3.63) is 41.5 Å². The molecule has 3 heteroatoms. The predicted octanol–water partition coefficient (Wildman–Crippen LogP) is 1.76. The first kappa shape index (κ1) is 11.5. The van der Waals surface area contributed by atoms with Crippen molar-refractivity contribution in [1.82, 2.24) is 0 Å². The van der Waals surface area contributed by atoms with Crippen molar-refractivity contribution < 1.29 is 14.6 Å². The maximum atomic E-state index is 10.8. The number of carbonyl (C=O) groups is 1. The van der Waals surface area contributed by atoms with E-state index in [4.69, 9.17) is 5.11 Å². The maximum Gasteiger partial charge on any atom is 0.309 e. The minimum atomic E-state index is -0.271. The van der Waals surface area contributed by atoms with Crippen LogP contribution >= 0.6 is 0 Å². The van der Waals surface area contributed by atoms with Crippen LogP contribution in [0.3, 0.4) is 0 Å². The van der Waals surface area contributed by atoms with Gasteiger partial charge in [0, 0.05) is 0 Å². The molecule has 1 N–H and O–H groups in total. The molecule has 0 aliphatic carbocycles. The highest BCUT2D eigenvalue weighted by Gasteiger charge is 1.97. The lowest BCUT2D eigenvalue weighted by molar-refractivity contribution is -0.139. The fourth-order valence-corrected chi connectivity index (χ4v) is 1.21. The fraction of sp³-hybridized carbons (Fsp3) is 0.250. The molecule has 1 aromatic carbocycles. The van der Waals surface area contributed by atoms with E-state index in [9.17, 15) is 4.79 Å². The second-order valence-electron chi connectivity index (χ2n) is 3.04. The second-order valence-corrected chi connectivity index (χ2v) is 3.04. The number of aliphatic hydroxyl groups excluding tert-OH is 1. The van der Waals surface area contributed by atoms with Crippen LogP contribution in [-0.2, 0) is 16.1 Å². The summed E-state index contributed by atoms with van der Waals surface area (Å²) in [7, 11) is 1.36. The van der Waals surface area contributed by atoms with E-state index in [0.717, 1.165) is 11.1 Å². The zero-order valence-electron chi connectivity index (χ0n) is 8.64. The molecule has 0 saturated heterocycles. The lowest BCUT2D eigenvalue weighted by Gasteiger charge is -2.01. The highest BCUT2D eigenvalue weighted by atomic mass is 16.5. The van der Waals surface area contributed by atoms with Gasteiger partial charge in [-0.2, -0.15) is 0 Å². The van der Waals surface area contributed by atoms with Crippen molar-refractivity contribution in [3.63, 3.8) is 0 Å². The molecule has 80 valence electrons. The topological polar surface area (TPSA) is 46.5 Å². The van der Waals surface area contributed by atoms with Gasteiger partial charge in [-0.3, -0.25) is 4.79 Å². The molecule has 1 aromatic rings. The molecule has 0 heterocycles. The van der Waals surface area contributed by atoms with Crippen LogP contribution in [0.25, 0.3) is 6.08 Å². The standard InChI is InChI=1S/C12H14O3/c1-15-12(14)8-4-7-10-5-2-3-6-11(10)9-13/h2-7,13H,8-9H2,1H3/b7-4-. The van der Waals surface area contributed by atoms with Gasteiger partial charge in [0.25, 0.3) is 0 Å². The van der Waals surface area contributed by atoms with Crippen LogP contribution in [-0.4, -0.2) is 18.2 Å². The molecule has 0 fully saturated rings. The normalized spacial score (nSPS) is 10.5. The molecule has 0 spiro atoms. The summed E-state index contributed by atoms with van der Waals surface area (Å²) in [4.78, 5) is 10.8. The maximum absolute atomic E-state index is 10.8. The van der Waals surface area contributed by atoms with Crippen molar-refractivity contribution in [1.29, 1.82) is 0 Å². The highest BCUT2D eigenvalue weighted by molar-refractivity contribution is 5.72. The third-order valence-electron chi connectivity index (χ3n) is 2.04. The third-order valence-corrected chi connectivity index (χ3v) is 2.04. The molecule has 0 aliphatic heterocycles. The lowest BCUT2D eigenvalue weighted by atomic mass is 10.1. The Morgan fingerprint density at radius 1 is 1.47 bits per heavy atom. The van der Waals surface area contributed by atoms with E-state index in [1.54, 1.807) is 6.08 Å². The van der Waals surface area contributed by atoms with Crippen LogP contribution in [0, 0.1) is 0 Å². The number of benzene rings is 1. The van der Waals surface area contributed by atoms with Gasteiger partial charge in [0.1, 0.15) is 0 Å². The molecule has 0 unspecified atom stereocenters. The van der Waals surface area contributed by atoms with E-state index < -0.39 is 0 Å². The van der Waals surface area contributed by atoms with E-state index in [1.165, 1.54) is 7.11 Å². The number of aliphatic hydroxyl groups is 1. The van der Waals surface area contributed by atoms with Crippen LogP contribution in [0.4, 0.5) is 0 Å². The third kappa shape index (κ3) is 3.56. The largest absolute Gasteiger partial charge is 0.469 e. The first-order valence-corrected chi connectivity index (χ1v) is 4.70. The molecule has 3 nitrogen and oxygen atoms in total. The minimum Gasteiger partial charge on any atom is -0.469 e. The summed E-state index contributed by atoms with van der Waals surface area (Å²) >= 11 is 0. The van der Waals surface area contributed by atoms with Gasteiger partial charge in [0.15, 0.2) is 0 Å². The van der Waals surface area contributed by atoms with Gasteiger partial charge in [-0.25, -0.2) is 0 Å². The van der Waals surface area contributed by atoms with Gasteiger partial charge in [-0.15, -0.1) is 0 Å². The SMILES string of the molecule is COC(=O)C/C=C\c1ccccc1CO. The van der Waals surface area contributed by atoms with Crippen LogP contribution in [0.1, 0.15) is 17.5 Å². The van der Waals surface area contributed by atoms with E-state index >= 15 is 0 Å². The number of hydrogen-bond donors (Lipinski definition) is 1. The summed E-state index contributed by atoms with van der Waals surface area (Å²) in [5.41, 5.74) is 1.77. The van der Waals surface area contributed by atoms with Gasteiger partial charge in [-0.1, -0.05) is 36.4 Å². The molecule has 0 saturated carbocycles. The van der Waals surface area contributed by atoms with Gasteiger partial charge >= 0.3 is 5.97 Å². The van der Waals surface area contributed by atoms with Gasteiger partial charge in [0.2, 0.25) is 0 Å². The fourth-order valence-electron chi connectivity index (χ4n) is 1.21. The van der Waals surface area contributed by atoms with Gasteiger partial charge in [-0.05, 0) is 11.1 Å². The van der Waals surface area contributed by atoms with E-state index in [2.05, 4.69) is 4.74 Å². The van der Waals surface area contributed by atoms with Crippen LogP contribution in [0.2, 0.25) is 0 Å². The van der Waals surface area contributed by atoms with Crippen molar-refractivity contribution in [3.8, 4) is 0 Å². The molecular weight excluding hydrogens is 192 g/mol. The average molecular weight is 206 g/mol. The summed E-state index contributed by atoms with van der Waals surface area (Å²) < 4.78 is 4.51. The Kier molecular flexibility index (Phi) is 4.57. The molecule has 1 rings (SSSR count). The summed E-state index contributed by atoms with van der Waals surface area (Å²) in [5.74, 6) is -0.271. The minimum absolute atomic E-state index is 0.00125. The van der Waals surface area contributed by atoms with Gasteiger partial charge < -0.3 is 9.84 Å². The molecule has 0 aromatic heterocycles. The van der Waals surface area contributed by atoms with Crippen molar-refractivity contribution >= 4 is 12.0 Å². The number of rotatable bonds is 4. The predicted molar refractivity (Wildman–Crippen MR) is 58.0 cm³/mol. The van der Waals surface area contributed by atoms with E-state index in [1.807, 2.05) is 30.3 Å². The molecule has 0 atom stereocenters. The second kappa shape index (κ2) is 5.98.